The van der Waals surface area contributed by atoms with Crippen LogP contribution in [0.1, 0.15) is 10.4 Å². The van der Waals surface area contributed by atoms with Crippen LogP contribution in [0.2, 0.25) is 0 Å². The van der Waals surface area contributed by atoms with Gasteiger partial charge in [0, 0.05) is 34.2 Å². The van der Waals surface area contributed by atoms with Crippen LogP contribution >= 0.6 is 11.8 Å². The van der Waals surface area contributed by atoms with Crippen LogP contribution in [0.3, 0.4) is 0 Å². The highest BCUT2D eigenvalue weighted by atomic mass is 32.2. The summed E-state index contributed by atoms with van der Waals surface area (Å²) in [6.45, 7) is 0. The molecule has 3 aromatic rings. The van der Waals surface area contributed by atoms with Crippen molar-refractivity contribution in [1.82, 2.24) is 4.98 Å². The van der Waals surface area contributed by atoms with E-state index in [1.165, 1.54) is 24.3 Å². The van der Waals surface area contributed by atoms with Crippen LogP contribution in [0, 0.1) is 10.1 Å². The summed E-state index contributed by atoms with van der Waals surface area (Å²) in [6.07, 6.45) is 1.68. The van der Waals surface area contributed by atoms with Gasteiger partial charge < -0.3 is 0 Å². The van der Waals surface area contributed by atoms with Gasteiger partial charge in [-0.3, -0.25) is 19.9 Å². The maximum atomic E-state index is 12.3. The molecule has 0 saturated heterocycles. The number of nitro groups is 1. The molecule has 0 fully saturated rings. The number of hydrogen-bond donors (Lipinski definition) is 0. The fourth-order valence-electron chi connectivity index (χ4n) is 2.04. The Labute approximate surface area is 130 Å². The molecule has 1 aromatic heterocycles. The number of thioether (sulfide) groups is 1. The van der Waals surface area contributed by atoms with Crippen LogP contribution in [0.5, 0.6) is 0 Å². The molecule has 0 amide bonds. The molecule has 0 bridgehead atoms. The average molecular weight is 310 g/mol. The lowest BCUT2D eigenvalue weighted by Crippen LogP contribution is -1.95. The van der Waals surface area contributed by atoms with Crippen molar-refractivity contribution in [1.29, 1.82) is 0 Å². The molecule has 1 heterocycles. The summed E-state index contributed by atoms with van der Waals surface area (Å²) in [7, 11) is 0. The van der Waals surface area contributed by atoms with Crippen molar-refractivity contribution >= 4 is 33.5 Å². The lowest BCUT2D eigenvalue weighted by molar-refractivity contribution is -0.384. The molecule has 0 aliphatic carbocycles. The number of nitrogens with zero attached hydrogens (tertiary/aromatic N) is 2. The molecular weight excluding hydrogens is 300 g/mol. The molecule has 2 aromatic carbocycles. The lowest BCUT2D eigenvalue weighted by Gasteiger charge is -2.04. The number of fused-ring (bicyclic) bond motifs is 1. The Morgan fingerprint density at radius 1 is 1.05 bits per heavy atom. The third kappa shape index (κ3) is 2.82. The largest absolute Gasteiger partial charge is 0.281 e. The second kappa shape index (κ2) is 5.95. The SMILES string of the molecule is O=C(Sc1cccc2cccnc12)c1ccc([N+](=O)[O-])cc1. The fourth-order valence-corrected chi connectivity index (χ4v) is 2.90. The highest BCUT2D eigenvalue weighted by Gasteiger charge is 2.13. The molecule has 22 heavy (non-hydrogen) atoms. The number of para-hydroxylation sites is 1. The van der Waals surface area contributed by atoms with Gasteiger partial charge in [0.15, 0.2) is 0 Å². The van der Waals surface area contributed by atoms with E-state index in [1.807, 2.05) is 30.3 Å². The van der Waals surface area contributed by atoms with Crippen molar-refractivity contribution in [2.45, 2.75) is 4.90 Å². The summed E-state index contributed by atoms with van der Waals surface area (Å²) in [4.78, 5) is 27.5. The smallest absolute Gasteiger partial charge is 0.269 e. The first-order valence-electron chi connectivity index (χ1n) is 6.45. The van der Waals surface area contributed by atoms with E-state index in [4.69, 9.17) is 0 Å². The predicted molar refractivity (Wildman–Crippen MR) is 85.0 cm³/mol. The third-order valence-corrected chi connectivity index (χ3v) is 4.08. The molecule has 0 aliphatic rings. The van der Waals surface area contributed by atoms with E-state index in [0.29, 0.717) is 5.56 Å². The Bertz CT molecular complexity index is 857. The molecule has 0 saturated carbocycles. The van der Waals surface area contributed by atoms with Crippen LogP contribution < -0.4 is 0 Å². The normalized spacial score (nSPS) is 10.5. The molecule has 5 nitrogen and oxygen atoms in total. The number of non-ortho nitro benzene ring substituents is 1. The van der Waals surface area contributed by atoms with Crippen LogP contribution in [0.4, 0.5) is 5.69 Å². The molecular formula is C16H10N2O3S. The van der Waals surface area contributed by atoms with Gasteiger partial charge >= 0.3 is 0 Å². The van der Waals surface area contributed by atoms with Crippen LogP contribution in [-0.4, -0.2) is 15.0 Å². The standard InChI is InChI=1S/C16H10N2O3S/c19-16(12-6-8-13(9-7-12)18(20)21)22-14-5-1-3-11-4-2-10-17-15(11)14/h1-10H. The van der Waals surface area contributed by atoms with E-state index in [0.717, 1.165) is 27.6 Å². The van der Waals surface area contributed by atoms with Crippen molar-refractivity contribution in [2.75, 3.05) is 0 Å². The molecule has 0 radical (unpaired) electrons. The molecule has 0 aliphatic heterocycles. The summed E-state index contributed by atoms with van der Waals surface area (Å²) >= 11 is 1.07. The van der Waals surface area contributed by atoms with Crippen molar-refractivity contribution < 1.29 is 9.72 Å². The number of nitro benzene ring substituents is 1. The number of pyridine rings is 1. The summed E-state index contributed by atoms with van der Waals surface area (Å²) in [6, 6.07) is 15.0. The van der Waals surface area contributed by atoms with E-state index in [2.05, 4.69) is 4.98 Å². The van der Waals surface area contributed by atoms with E-state index in [9.17, 15) is 14.9 Å². The first-order valence-corrected chi connectivity index (χ1v) is 7.27. The summed E-state index contributed by atoms with van der Waals surface area (Å²) in [5, 5.41) is 11.4. The predicted octanol–water partition coefficient (Wildman–Crippen LogP) is 4.08. The van der Waals surface area contributed by atoms with Gasteiger partial charge in [-0.05, 0) is 36.0 Å². The Morgan fingerprint density at radius 2 is 1.77 bits per heavy atom. The van der Waals surface area contributed by atoms with Crippen LogP contribution in [0.15, 0.2) is 65.7 Å². The number of benzene rings is 2. The topological polar surface area (TPSA) is 73.1 Å². The maximum Gasteiger partial charge on any atom is 0.269 e. The molecule has 0 spiro atoms. The molecule has 0 atom stereocenters. The minimum atomic E-state index is -0.490. The number of aromatic nitrogens is 1. The zero-order valence-electron chi connectivity index (χ0n) is 11.3. The van der Waals surface area contributed by atoms with E-state index < -0.39 is 4.92 Å². The number of rotatable bonds is 3. The molecule has 3 rings (SSSR count). The number of hydrogen-bond acceptors (Lipinski definition) is 5. The summed E-state index contributed by atoms with van der Waals surface area (Å²) < 4.78 is 0. The van der Waals surface area contributed by atoms with Crippen molar-refractivity contribution in [3.63, 3.8) is 0 Å². The first kappa shape index (κ1) is 14.2. The van der Waals surface area contributed by atoms with Gasteiger partial charge in [0.05, 0.1) is 10.4 Å². The minimum Gasteiger partial charge on any atom is -0.281 e. The Morgan fingerprint density at radius 3 is 2.50 bits per heavy atom. The molecule has 0 N–H and O–H groups in total. The Balaban J connectivity index is 1.88. The maximum absolute atomic E-state index is 12.3. The Hall–Kier alpha value is -2.73. The minimum absolute atomic E-state index is 0.0339. The van der Waals surface area contributed by atoms with Crippen molar-refractivity contribution in [2.24, 2.45) is 0 Å². The van der Waals surface area contributed by atoms with Crippen molar-refractivity contribution in [3.05, 3.63) is 76.5 Å². The van der Waals surface area contributed by atoms with Crippen LogP contribution in [-0.2, 0) is 0 Å². The third-order valence-electron chi connectivity index (χ3n) is 3.11. The first-order chi connectivity index (χ1) is 10.6. The molecule has 0 unspecified atom stereocenters. The highest BCUT2D eigenvalue weighted by molar-refractivity contribution is 8.14. The van der Waals surface area contributed by atoms with Gasteiger partial charge in [-0.2, -0.15) is 0 Å². The monoisotopic (exact) mass is 310 g/mol. The van der Waals surface area contributed by atoms with Gasteiger partial charge in [-0.1, -0.05) is 18.2 Å². The van der Waals surface area contributed by atoms with Gasteiger partial charge in [0.1, 0.15) is 0 Å². The van der Waals surface area contributed by atoms with Gasteiger partial charge in [0.25, 0.3) is 5.69 Å². The lowest BCUT2D eigenvalue weighted by atomic mass is 10.2. The second-order valence-corrected chi connectivity index (χ2v) is 5.54. The Kier molecular flexibility index (Phi) is 3.84. The second-order valence-electron chi connectivity index (χ2n) is 4.52. The quantitative estimate of drug-likeness (QED) is 0.414. The van der Waals surface area contributed by atoms with E-state index in [-0.39, 0.29) is 10.8 Å². The van der Waals surface area contributed by atoms with Crippen LogP contribution in [0.25, 0.3) is 10.9 Å². The summed E-state index contributed by atoms with van der Waals surface area (Å²) in [5.74, 6) is 0. The molecule has 108 valence electrons. The van der Waals surface area contributed by atoms with E-state index >= 15 is 0 Å². The average Bonchev–Trinajstić information content (AvgIpc) is 2.55. The number of carbonyl (C=O) groups is 1. The number of carbonyl (C=O) groups excluding carboxylic acids is 1. The zero-order valence-corrected chi connectivity index (χ0v) is 12.1. The summed E-state index contributed by atoms with van der Waals surface area (Å²) in [5.41, 5.74) is 1.15. The zero-order chi connectivity index (χ0) is 15.5. The fraction of sp³-hybridized carbons (Fsp3) is 0. The van der Waals surface area contributed by atoms with Gasteiger partial charge in [0.2, 0.25) is 5.12 Å². The highest BCUT2D eigenvalue weighted by Crippen LogP contribution is 2.29. The van der Waals surface area contributed by atoms with Crippen molar-refractivity contribution in [3.8, 4) is 0 Å². The van der Waals surface area contributed by atoms with Gasteiger partial charge in [-0.25, -0.2) is 0 Å². The molecule has 6 heteroatoms. The van der Waals surface area contributed by atoms with Gasteiger partial charge in [-0.15, -0.1) is 0 Å². The van der Waals surface area contributed by atoms with E-state index in [1.54, 1.807) is 6.20 Å².